The van der Waals surface area contributed by atoms with Crippen molar-refractivity contribution in [3.63, 3.8) is 0 Å². The maximum Gasteiger partial charge on any atom is 0.214 e. The molecule has 3 aromatic rings. The molecule has 0 aliphatic heterocycles. The summed E-state index contributed by atoms with van der Waals surface area (Å²) in [4.78, 5) is 4.02. The first-order valence-corrected chi connectivity index (χ1v) is 8.19. The Balaban J connectivity index is 1.89. The van der Waals surface area contributed by atoms with Crippen molar-refractivity contribution < 1.29 is 14.2 Å². The lowest BCUT2D eigenvalue weighted by Gasteiger charge is -2.15. The molecule has 0 saturated carbocycles. The van der Waals surface area contributed by atoms with Gasteiger partial charge in [0.25, 0.3) is 0 Å². The lowest BCUT2D eigenvalue weighted by atomic mass is 10.2. The fraction of sp³-hybridized carbons (Fsp3) is 0.235. The van der Waals surface area contributed by atoms with Gasteiger partial charge in [-0.15, -0.1) is 0 Å². The van der Waals surface area contributed by atoms with Crippen molar-refractivity contribution in [3.05, 3.63) is 47.0 Å². The molecule has 0 fully saturated rings. The van der Waals surface area contributed by atoms with E-state index >= 15 is 0 Å². The monoisotopic (exact) mass is 373 g/mol. The molecule has 0 bridgehead atoms. The number of benzene rings is 1. The summed E-state index contributed by atoms with van der Waals surface area (Å²) in [7, 11) is 4.74. The molecule has 2 aromatic heterocycles. The Morgan fingerprint density at radius 3 is 2.31 bits per heavy atom. The van der Waals surface area contributed by atoms with E-state index in [2.05, 4.69) is 20.6 Å². The number of rotatable bonds is 7. The highest BCUT2D eigenvalue weighted by Crippen LogP contribution is 2.38. The van der Waals surface area contributed by atoms with Crippen LogP contribution in [0.2, 0.25) is 0 Å². The predicted molar refractivity (Wildman–Crippen MR) is 99.8 cm³/mol. The molecule has 0 unspecified atom stereocenters. The number of H-pyrrole nitrogens is 1. The van der Waals surface area contributed by atoms with Crippen LogP contribution in [0, 0.1) is 4.77 Å². The van der Waals surface area contributed by atoms with Crippen molar-refractivity contribution in [3.8, 4) is 28.6 Å². The average Bonchev–Trinajstić information content (AvgIpc) is 3.06. The van der Waals surface area contributed by atoms with E-state index in [0.29, 0.717) is 34.4 Å². The SMILES string of the molecule is COc1cc(CNn2c(-c3ccncc3)n[nH]c2=S)cc(OC)c1OC. The van der Waals surface area contributed by atoms with E-state index in [1.54, 1.807) is 38.4 Å². The van der Waals surface area contributed by atoms with Crippen molar-refractivity contribution in [1.29, 1.82) is 0 Å². The summed E-state index contributed by atoms with van der Waals surface area (Å²) in [6.45, 7) is 0.475. The molecular weight excluding hydrogens is 354 g/mol. The van der Waals surface area contributed by atoms with Gasteiger partial charge in [-0.3, -0.25) is 4.98 Å². The van der Waals surface area contributed by atoms with Gasteiger partial charge in [0.05, 0.1) is 27.9 Å². The van der Waals surface area contributed by atoms with Crippen LogP contribution in [0.15, 0.2) is 36.7 Å². The van der Waals surface area contributed by atoms with E-state index in [4.69, 9.17) is 26.4 Å². The third-order valence-corrected chi connectivity index (χ3v) is 4.05. The first-order valence-electron chi connectivity index (χ1n) is 7.78. The predicted octanol–water partition coefficient (Wildman–Crippen LogP) is 2.77. The van der Waals surface area contributed by atoms with Gasteiger partial charge in [0.2, 0.25) is 10.5 Å². The molecule has 9 heteroatoms. The Labute approximate surface area is 155 Å². The van der Waals surface area contributed by atoms with E-state index in [-0.39, 0.29) is 0 Å². The Bertz CT molecular complexity index is 914. The molecule has 0 spiro atoms. The minimum atomic E-state index is 0.462. The normalized spacial score (nSPS) is 10.4. The summed E-state index contributed by atoms with van der Waals surface area (Å²) in [5.41, 5.74) is 5.09. The third kappa shape index (κ3) is 3.47. The second-order valence-electron chi connectivity index (χ2n) is 5.29. The van der Waals surface area contributed by atoms with E-state index in [9.17, 15) is 0 Å². The van der Waals surface area contributed by atoms with Crippen molar-refractivity contribution in [2.75, 3.05) is 26.8 Å². The van der Waals surface area contributed by atoms with Crippen LogP contribution < -0.4 is 19.6 Å². The van der Waals surface area contributed by atoms with Crippen LogP contribution in [0.1, 0.15) is 5.56 Å². The molecule has 2 heterocycles. The molecule has 0 aliphatic carbocycles. The highest BCUT2D eigenvalue weighted by molar-refractivity contribution is 7.71. The van der Waals surface area contributed by atoms with Crippen LogP contribution in [0.3, 0.4) is 0 Å². The zero-order valence-corrected chi connectivity index (χ0v) is 15.5. The Morgan fingerprint density at radius 2 is 1.73 bits per heavy atom. The molecule has 0 radical (unpaired) electrons. The van der Waals surface area contributed by atoms with Crippen LogP contribution >= 0.6 is 12.2 Å². The van der Waals surface area contributed by atoms with Crippen LogP contribution in [-0.2, 0) is 6.54 Å². The van der Waals surface area contributed by atoms with Crippen molar-refractivity contribution in [2.24, 2.45) is 0 Å². The van der Waals surface area contributed by atoms with Crippen molar-refractivity contribution in [2.45, 2.75) is 6.54 Å². The van der Waals surface area contributed by atoms with Gasteiger partial charge in [0.1, 0.15) is 0 Å². The standard InChI is InChI=1S/C17H19N5O3S/c1-23-13-8-11(9-14(24-2)15(13)25-3)10-19-22-16(20-21-17(22)26)12-4-6-18-7-5-12/h4-9,19H,10H2,1-3H3,(H,21,26). The Kier molecular flexibility index (Phi) is 5.37. The second kappa shape index (κ2) is 7.87. The molecule has 1 aromatic carbocycles. The highest BCUT2D eigenvalue weighted by Gasteiger charge is 2.14. The lowest BCUT2D eigenvalue weighted by Crippen LogP contribution is -2.16. The smallest absolute Gasteiger partial charge is 0.214 e. The van der Waals surface area contributed by atoms with Crippen molar-refractivity contribution >= 4 is 12.2 Å². The third-order valence-electron chi connectivity index (χ3n) is 3.78. The van der Waals surface area contributed by atoms with Gasteiger partial charge in [-0.2, -0.15) is 5.10 Å². The topological polar surface area (TPSA) is 86.2 Å². The summed E-state index contributed by atoms with van der Waals surface area (Å²) in [6.07, 6.45) is 3.41. The molecule has 136 valence electrons. The van der Waals surface area contributed by atoms with Gasteiger partial charge < -0.3 is 19.6 Å². The molecule has 0 amide bonds. The van der Waals surface area contributed by atoms with Crippen LogP contribution in [0.5, 0.6) is 17.2 Å². The number of aromatic amines is 1. The Morgan fingerprint density at radius 1 is 1.08 bits per heavy atom. The highest BCUT2D eigenvalue weighted by atomic mass is 32.1. The maximum atomic E-state index is 5.39. The Hall–Kier alpha value is -3.07. The number of methoxy groups -OCH3 is 3. The molecule has 26 heavy (non-hydrogen) atoms. The molecule has 0 atom stereocenters. The molecule has 3 rings (SSSR count). The van der Waals surface area contributed by atoms with Crippen LogP contribution in [-0.4, -0.2) is 41.2 Å². The number of nitrogens with one attached hydrogen (secondary N) is 2. The number of hydrogen-bond acceptors (Lipinski definition) is 7. The summed E-state index contributed by atoms with van der Waals surface area (Å²) in [5.74, 6) is 2.41. The summed E-state index contributed by atoms with van der Waals surface area (Å²) in [5, 5.41) is 7.08. The second-order valence-corrected chi connectivity index (χ2v) is 5.68. The lowest BCUT2D eigenvalue weighted by molar-refractivity contribution is 0.324. The molecular formula is C17H19N5O3S. The van der Waals surface area contributed by atoms with E-state index in [1.807, 2.05) is 24.3 Å². The number of nitrogens with zero attached hydrogens (tertiary/aromatic N) is 3. The van der Waals surface area contributed by atoms with Crippen LogP contribution in [0.4, 0.5) is 0 Å². The van der Waals surface area contributed by atoms with Crippen molar-refractivity contribution in [1.82, 2.24) is 19.9 Å². The van der Waals surface area contributed by atoms with Gasteiger partial charge in [0.15, 0.2) is 17.3 Å². The molecule has 0 saturated heterocycles. The first kappa shape index (κ1) is 17.7. The summed E-state index contributed by atoms with van der Waals surface area (Å²) >= 11 is 5.32. The zero-order chi connectivity index (χ0) is 18.5. The molecule has 2 N–H and O–H groups in total. The van der Waals surface area contributed by atoms with Gasteiger partial charge in [-0.05, 0) is 42.0 Å². The molecule has 0 aliphatic rings. The first-order chi connectivity index (χ1) is 12.7. The summed E-state index contributed by atoms with van der Waals surface area (Å²) < 4.78 is 18.3. The quantitative estimate of drug-likeness (QED) is 0.616. The van der Waals surface area contributed by atoms with Gasteiger partial charge in [-0.25, -0.2) is 9.77 Å². The number of aromatic nitrogens is 4. The van der Waals surface area contributed by atoms with Crippen LogP contribution in [0.25, 0.3) is 11.4 Å². The average molecular weight is 373 g/mol. The van der Waals surface area contributed by atoms with E-state index < -0.39 is 0 Å². The molecule has 8 nitrogen and oxygen atoms in total. The van der Waals surface area contributed by atoms with Gasteiger partial charge >= 0.3 is 0 Å². The maximum absolute atomic E-state index is 5.39. The largest absolute Gasteiger partial charge is 0.493 e. The number of hydrogen-bond donors (Lipinski definition) is 2. The van der Waals surface area contributed by atoms with Gasteiger partial charge in [-0.1, -0.05) is 0 Å². The minimum Gasteiger partial charge on any atom is -0.493 e. The fourth-order valence-corrected chi connectivity index (χ4v) is 2.74. The number of ether oxygens (including phenoxy) is 3. The summed E-state index contributed by atoms with van der Waals surface area (Å²) in [6, 6.07) is 7.49. The van der Waals surface area contributed by atoms with E-state index in [0.717, 1.165) is 11.1 Å². The zero-order valence-electron chi connectivity index (χ0n) is 14.6. The van der Waals surface area contributed by atoms with E-state index in [1.165, 1.54) is 0 Å². The van der Waals surface area contributed by atoms with Gasteiger partial charge in [0, 0.05) is 18.0 Å². The minimum absolute atomic E-state index is 0.462. The number of pyridine rings is 1. The fourth-order valence-electron chi connectivity index (χ4n) is 2.55.